The van der Waals surface area contributed by atoms with Crippen LogP contribution in [0.25, 0.3) is 28.1 Å². The largest absolute Gasteiger partial charge is 0.379 e. The summed E-state index contributed by atoms with van der Waals surface area (Å²) in [5.41, 5.74) is 4.66. The quantitative estimate of drug-likeness (QED) is 0.202. The van der Waals surface area contributed by atoms with Crippen molar-refractivity contribution in [3.8, 4) is 11.3 Å². The van der Waals surface area contributed by atoms with E-state index >= 15 is 0 Å². The number of aromatic nitrogens is 1. The van der Waals surface area contributed by atoms with Gasteiger partial charge in [-0.25, -0.2) is 0 Å². The van der Waals surface area contributed by atoms with Gasteiger partial charge in [0, 0.05) is 23.8 Å². The predicted molar refractivity (Wildman–Crippen MR) is 139 cm³/mol. The summed E-state index contributed by atoms with van der Waals surface area (Å²) in [5, 5.41) is 2.39. The molecule has 2 nitrogen and oxygen atoms in total. The molecule has 0 saturated heterocycles. The Morgan fingerprint density at radius 1 is 1.00 bits per heavy atom. The first-order chi connectivity index (χ1) is 15.7. The number of rotatable bonds is 13. The van der Waals surface area contributed by atoms with E-state index in [1.54, 1.807) is 0 Å². The zero-order valence-electron chi connectivity index (χ0n) is 19.7. The second kappa shape index (κ2) is 13.0. The second-order valence-corrected chi connectivity index (χ2v) is 8.59. The van der Waals surface area contributed by atoms with Gasteiger partial charge in [0.15, 0.2) is 0 Å². The zero-order valence-corrected chi connectivity index (χ0v) is 19.7. The molecule has 1 atom stereocenters. The molecule has 0 bridgehead atoms. The van der Waals surface area contributed by atoms with E-state index in [2.05, 4.69) is 81.1 Å². The van der Waals surface area contributed by atoms with Gasteiger partial charge in [0.25, 0.3) is 0 Å². The van der Waals surface area contributed by atoms with E-state index in [-0.39, 0.29) is 0 Å². The van der Waals surface area contributed by atoms with Crippen molar-refractivity contribution in [3.63, 3.8) is 0 Å². The third-order valence-corrected chi connectivity index (χ3v) is 5.82. The summed E-state index contributed by atoms with van der Waals surface area (Å²) in [6.45, 7) is 9.12. The highest BCUT2D eigenvalue weighted by atomic mass is 16.5. The van der Waals surface area contributed by atoms with Gasteiger partial charge in [-0.1, -0.05) is 74.4 Å². The maximum atomic E-state index is 5.88. The van der Waals surface area contributed by atoms with E-state index in [0.29, 0.717) is 6.10 Å². The predicted octanol–water partition coefficient (Wildman–Crippen LogP) is 8.41. The average molecular weight is 428 g/mol. The molecule has 0 radical (unpaired) electrons. The Balaban J connectivity index is 1.52. The first kappa shape index (κ1) is 23.9. The van der Waals surface area contributed by atoms with Crippen molar-refractivity contribution >= 4 is 16.8 Å². The number of benzene rings is 2. The molecule has 168 valence electrons. The number of ether oxygens (including phenoxy) is 1. The van der Waals surface area contributed by atoms with E-state index < -0.39 is 0 Å². The van der Waals surface area contributed by atoms with Crippen molar-refractivity contribution in [3.05, 3.63) is 84.6 Å². The molecule has 0 saturated carbocycles. The lowest BCUT2D eigenvalue weighted by Crippen LogP contribution is -2.08. The Hall–Kier alpha value is -2.71. The fourth-order valence-electron chi connectivity index (χ4n) is 3.86. The van der Waals surface area contributed by atoms with Crippen LogP contribution in [0.1, 0.15) is 63.5 Å². The molecule has 3 aromatic rings. The van der Waals surface area contributed by atoms with Crippen molar-refractivity contribution in [1.29, 1.82) is 0 Å². The van der Waals surface area contributed by atoms with Gasteiger partial charge in [0.1, 0.15) is 0 Å². The van der Waals surface area contributed by atoms with Crippen LogP contribution in [0.2, 0.25) is 0 Å². The number of unbranched alkanes of at least 4 members (excludes halogenated alkanes) is 3. The molecule has 0 spiro atoms. The molecule has 0 aliphatic rings. The molecule has 1 heterocycles. The normalized spacial score (nSPS) is 12.4. The van der Waals surface area contributed by atoms with Crippen molar-refractivity contribution in [2.45, 2.75) is 64.9 Å². The molecule has 0 aliphatic carbocycles. The highest BCUT2D eigenvalue weighted by Gasteiger charge is 2.03. The summed E-state index contributed by atoms with van der Waals surface area (Å²) in [6, 6.07) is 17.4. The monoisotopic (exact) mass is 427 g/mol. The van der Waals surface area contributed by atoms with E-state index in [1.807, 2.05) is 12.3 Å². The molecule has 1 aromatic heterocycles. The van der Waals surface area contributed by atoms with Crippen LogP contribution < -0.4 is 0 Å². The Labute approximate surface area is 194 Å². The van der Waals surface area contributed by atoms with Crippen molar-refractivity contribution in [2.24, 2.45) is 0 Å². The van der Waals surface area contributed by atoms with Gasteiger partial charge in [0.2, 0.25) is 0 Å². The molecule has 3 rings (SSSR count). The highest BCUT2D eigenvalue weighted by Crippen LogP contribution is 2.24. The number of nitrogens with zero attached hydrogens (tertiary/aromatic N) is 1. The minimum absolute atomic E-state index is 0.361. The lowest BCUT2D eigenvalue weighted by atomic mass is 10.0. The lowest BCUT2D eigenvalue weighted by Gasteiger charge is -2.12. The van der Waals surface area contributed by atoms with Crippen LogP contribution >= 0.6 is 0 Å². The minimum atomic E-state index is 0.361. The summed E-state index contributed by atoms with van der Waals surface area (Å²) < 4.78 is 5.88. The van der Waals surface area contributed by atoms with Gasteiger partial charge in [-0.2, -0.15) is 0 Å². The van der Waals surface area contributed by atoms with Crippen molar-refractivity contribution < 1.29 is 4.74 Å². The van der Waals surface area contributed by atoms with Crippen LogP contribution in [0.15, 0.2) is 73.5 Å². The molecular weight excluding hydrogens is 390 g/mol. The average Bonchev–Trinajstić information content (AvgIpc) is 2.82. The molecule has 0 fully saturated rings. The number of pyridine rings is 1. The van der Waals surface area contributed by atoms with Crippen LogP contribution in [-0.4, -0.2) is 17.7 Å². The molecule has 2 heteroatoms. The van der Waals surface area contributed by atoms with Gasteiger partial charge < -0.3 is 4.74 Å². The third kappa shape index (κ3) is 7.46. The summed E-state index contributed by atoms with van der Waals surface area (Å²) in [4.78, 5) is 4.70. The summed E-state index contributed by atoms with van der Waals surface area (Å²) in [7, 11) is 0. The van der Waals surface area contributed by atoms with E-state index in [0.717, 1.165) is 43.5 Å². The van der Waals surface area contributed by atoms with E-state index in [1.165, 1.54) is 41.2 Å². The highest BCUT2D eigenvalue weighted by molar-refractivity contribution is 5.87. The first-order valence-corrected chi connectivity index (χ1v) is 12.1. The smallest absolute Gasteiger partial charge is 0.0708 e. The third-order valence-electron chi connectivity index (χ3n) is 5.82. The van der Waals surface area contributed by atoms with Crippen molar-refractivity contribution in [2.75, 3.05) is 6.61 Å². The van der Waals surface area contributed by atoms with E-state index in [9.17, 15) is 0 Å². The topological polar surface area (TPSA) is 22.1 Å². The van der Waals surface area contributed by atoms with Gasteiger partial charge in [-0.15, -0.1) is 6.58 Å². The van der Waals surface area contributed by atoms with Gasteiger partial charge in [-0.3, -0.25) is 4.98 Å². The maximum absolute atomic E-state index is 5.88. The molecule has 32 heavy (non-hydrogen) atoms. The van der Waals surface area contributed by atoms with Crippen molar-refractivity contribution in [1.82, 2.24) is 4.98 Å². The second-order valence-electron chi connectivity index (χ2n) is 8.59. The summed E-state index contributed by atoms with van der Waals surface area (Å²) >= 11 is 0. The molecule has 0 amide bonds. The van der Waals surface area contributed by atoms with Crippen LogP contribution in [0.4, 0.5) is 0 Å². The summed E-state index contributed by atoms with van der Waals surface area (Å²) in [5.74, 6) is 0. The van der Waals surface area contributed by atoms with Gasteiger partial charge in [0.05, 0.1) is 11.8 Å². The fourth-order valence-corrected chi connectivity index (χ4v) is 3.86. The Bertz CT molecular complexity index is 1000. The standard InChI is InChI=1S/C30H37NO/c1-4-6-10-20-32-24(3)12-8-7-9-13-26-16-19-28-22-30(31-23-29(28)21-26)27-17-14-25(11-5-2)15-18-27/h5,9,13-19,21-24H,2,4,6-8,10-12,20H2,1,3H3/b13-9+. The maximum Gasteiger partial charge on any atom is 0.0708 e. The minimum Gasteiger partial charge on any atom is -0.379 e. The van der Waals surface area contributed by atoms with Gasteiger partial charge >= 0.3 is 0 Å². The number of allylic oxidation sites excluding steroid dienone is 2. The number of hydrogen-bond acceptors (Lipinski definition) is 2. The molecule has 0 aliphatic heterocycles. The fraction of sp³-hybridized carbons (Fsp3) is 0.367. The Kier molecular flexibility index (Phi) is 9.71. The number of fused-ring (bicyclic) bond motifs is 1. The van der Waals surface area contributed by atoms with Crippen LogP contribution in [0.5, 0.6) is 0 Å². The van der Waals surface area contributed by atoms with Crippen LogP contribution in [0, 0.1) is 0 Å². The molecular formula is C30H37NO. The zero-order chi connectivity index (χ0) is 22.6. The lowest BCUT2D eigenvalue weighted by molar-refractivity contribution is 0.0566. The van der Waals surface area contributed by atoms with E-state index in [4.69, 9.17) is 9.72 Å². The molecule has 0 N–H and O–H groups in total. The number of hydrogen-bond donors (Lipinski definition) is 0. The van der Waals surface area contributed by atoms with Crippen LogP contribution in [0.3, 0.4) is 0 Å². The first-order valence-electron chi connectivity index (χ1n) is 12.1. The Morgan fingerprint density at radius 3 is 2.62 bits per heavy atom. The molecule has 1 unspecified atom stereocenters. The Morgan fingerprint density at radius 2 is 1.84 bits per heavy atom. The van der Waals surface area contributed by atoms with Crippen LogP contribution in [-0.2, 0) is 11.2 Å². The van der Waals surface area contributed by atoms with Gasteiger partial charge in [-0.05, 0) is 67.7 Å². The SMILES string of the molecule is C=CCc1ccc(-c2cc3ccc(/C=C/CCCC(C)OCCCCC)cc3cn2)cc1. The molecule has 2 aromatic carbocycles. The summed E-state index contributed by atoms with van der Waals surface area (Å²) in [6.07, 6.45) is 16.7.